The van der Waals surface area contributed by atoms with Gasteiger partial charge in [-0.2, -0.15) is 0 Å². The van der Waals surface area contributed by atoms with E-state index >= 15 is 0 Å². The molecule has 198 valence electrons. The molecule has 0 spiro atoms. The van der Waals surface area contributed by atoms with Crippen LogP contribution in [0.2, 0.25) is 5.04 Å². The SMILES string of the molecule is CCCCCCCCCC[C@@H]1C[C@@H]1/C=C\CCCO[Si](c1ccccc1)(c1ccccc1)C(C)(C)C. The number of hydrogen-bond donors (Lipinski definition) is 0. The maximum atomic E-state index is 7.02. The Balaban J connectivity index is 1.42. The van der Waals surface area contributed by atoms with Crippen molar-refractivity contribution in [1.29, 1.82) is 0 Å². The van der Waals surface area contributed by atoms with Crippen LogP contribution >= 0.6 is 0 Å². The Kier molecular flexibility index (Phi) is 12.0. The summed E-state index contributed by atoms with van der Waals surface area (Å²) in [6.07, 6.45) is 21.5. The van der Waals surface area contributed by atoms with Crippen LogP contribution in [0.4, 0.5) is 0 Å². The lowest BCUT2D eigenvalue weighted by Gasteiger charge is -2.43. The van der Waals surface area contributed by atoms with E-state index in [1.54, 1.807) is 0 Å². The van der Waals surface area contributed by atoms with Crippen molar-refractivity contribution in [2.24, 2.45) is 11.8 Å². The van der Waals surface area contributed by atoms with E-state index in [-0.39, 0.29) is 5.04 Å². The van der Waals surface area contributed by atoms with Gasteiger partial charge in [0.2, 0.25) is 0 Å². The largest absolute Gasteiger partial charge is 0.407 e. The first-order chi connectivity index (χ1) is 17.5. The van der Waals surface area contributed by atoms with Crippen LogP contribution in [0, 0.1) is 11.8 Å². The fourth-order valence-electron chi connectivity index (χ4n) is 5.84. The zero-order valence-corrected chi connectivity index (χ0v) is 24.7. The second-order valence-corrected chi connectivity index (χ2v) is 16.3. The van der Waals surface area contributed by atoms with Gasteiger partial charge in [0.1, 0.15) is 0 Å². The van der Waals surface area contributed by atoms with Crippen molar-refractivity contribution in [3.63, 3.8) is 0 Å². The van der Waals surface area contributed by atoms with Gasteiger partial charge in [0.05, 0.1) is 0 Å². The maximum Gasteiger partial charge on any atom is 0.261 e. The Labute approximate surface area is 223 Å². The van der Waals surface area contributed by atoms with Crippen LogP contribution in [-0.2, 0) is 4.43 Å². The van der Waals surface area contributed by atoms with E-state index in [9.17, 15) is 0 Å². The molecule has 0 saturated heterocycles. The molecule has 36 heavy (non-hydrogen) atoms. The molecule has 0 radical (unpaired) electrons. The van der Waals surface area contributed by atoms with Gasteiger partial charge in [0.15, 0.2) is 0 Å². The Morgan fingerprint density at radius 3 is 1.89 bits per heavy atom. The highest BCUT2D eigenvalue weighted by molar-refractivity contribution is 6.99. The molecule has 1 saturated carbocycles. The lowest BCUT2D eigenvalue weighted by Crippen LogP contribution is -2.66. The van der Waals surface area contributed by atoms with Crippen molar-refractivity contribution in [1.82, 2.24) is 0 Å². The molecule has 0 bridgehead atoms. The second kappa shape index (κ2) is 14.9. The van der Waals surface area contributed by atoms with Crippen LogP contribution < -0.4 is 10.4 Å². The average Bonchev–Trinajstić information content (AvgIpc) is 3.63. The summed E-state index contributed by atoms with van der Waals surface area (Å²) in [5.74, 6) is 1.82. The normalized spacial score (nSPS) is 18.1. The summed E-state index contributed by atoms with van der Waals surface area (Å²) >= 11 is 0. The summed E-state index contributed by atoms with van der Waals surface area (Å²) in [6.45, 7) is 10.2. The Hall–Kier alpha value is -1.64. The molecule has 0 N–H and O–H groups in total. The number of hydrogen-bond acceptors (Lipinski definition) is 1. The fraction of sp³-hybridized carbons (Fsp3) is 0.588. The van der Waals surface area contributed by atoms with Gasteiger partial charge in [-0.15, -0.1) is 0 Å². The zero-order valence-electron chi connectivity index (χ0n) is 23.7. The van der Waals surface area contributed by atoms with Crippen molar-refractivity contribution in [3.8, 4) is 0 Å². The third-order valence-corrected chi connectivity index (χ3v) is 13.1. The van der Waals surface area contributed by atoms with E-state index in [1.165, 1.54) is 74.6 Å². The molecule has 0 aromatic heterocycles. The van der Waals surface area contributed by atoms with Crippen molar-refractivity contribution in [2.75, 3.05) is 6.61 Å². The van der Waals surface area contributed by atoms with Crippen LogP contribution in [0.15, 0.2) is 72.8 Å². The first kappa shape index (κ1) is 28.9. The van der Waals surface area contributed by atoms with E-state index in [4.69, 9.17) is 4.43 Å². The topological polar surface area (TPSA) is 9.23 Å². The van der Waals surface area contributed by atoms with Crippen LogP contribution in [-0.4, -0.2) is 14.9 Å². The third-order valence-electron chi connectivity index (χ3n) is 8.04. The molecule has 0 unspecified atom stereocenters. The quantitative estimate of drug-likeness (QED) is 0.119. The molecule has 1 nitrogen and oxygen atoms in total. The van der Waals surface area contributed by atoms with Gasteiger partial charge in [0.25, 0.3) is 8.32 Å². The first-order valence-electron chi connectivity index (χ1n) is 14.9. The molecule has 0 amide bonds. The molecule has 2 aromatic carbocycles. The average molecular weight is 505 g/mol. The summed E-state index contributed by atoms with van der Waals surface area (Å²) < 4.78 is 7.02. The first-order valence-corrected chi connectivity index (χ1v) is 16.8. The van der Waals surface area contributed by atoms with E-state index in [2.05, 4.69) is 101 Å². The summed E-state index contributed by atoms with van der Waals surface area (Å²) in [4.78, 5) is 0. The molecular weight excluding hydrogens is 452 g/mol. The third kappa shape index (κ3) is 8.45. The lowest BCUT2D eigenvalue weighted by atomic mass is 10.1. The fourth-order valence-corrected chi connectivity index (χ4v) is 10.4. The summed E-state index contributed by atoms with van der Waals surface area (Å²) in [5.41, 5.74) is 0. The van der Waals surface area contributed by atoms with Gasteiger partial charge in [-0.1, -0.05) is 152 Å². The van der Waals surface area contributed by atoms with E-state index in [1.807, 2.05) is 0 Å². The number of unbranched alkanes of at least 4 members (excludes halogenated alkanes) is 8. The molecule has 1 aliphatic rings. The molecule has 3 rings (SSSR count). The molecule has 1 fully saturated rings. The number of allylic oxidation sites excluding steroid dienone is 2. The van der Waals surface area contributed by atoms with E-state index in [0.29, 0.717) is 0 Å². The molecule has 2 heteroatoms. The smallest absolute Gasteiger partial charge is 0.261 e. The van der Waals surface area contributed by atoms with Crippen LogP contribution in [0.25, 0.3) is 0 Å². The highest BCUT2D eigenvalue weighted by Crippen LogP contribution is 2.43. The zero-order chi connectivity index (χ0) is 25.7. The Morgan fingerprint density at radius 1 is 0.778 bits per heavy atom. The van der Waals surface area contributed by atoms with Gasteiger partial charge in [-0.3, -0.25) is 0 Å². The molecule has 0 aliphatic heterocycles. The molecule has 2 aromatic rings. The number of rotatable bonds is 17. The summed E-state index contributed by atoms with van der Waals surface area (Å²) in [6, 6.07) is 22.0. The summed E-state index contributed by atoms with van der Waals surface area (Å²) in [5, 5.41) is 2.81. The maximum absolute atomic E-state index is 7.02. The van der Waals surface area contributed by atoms with E-state index in [0.717, 1.165) is 31.3 Å². The molecule has 0 heterocycles. The molecular formula is C34H52OSi. The predicted molar refractivity (Wildman–Crippen MR) is 161 cm³/mol. The van der Waals surface area contributed by atoms with Gasteiger partial charge >= 0.3 is 0 Å². The lowest BCUT2D eigenvalue weighted by molar-refractivity contribution is 0.293. The monoisotopic (exact) mass is 504 g/mol. The van der Waals surface area contributed by atoms with Gasteiger partial charge < -0.3 is 4.43 Å². The minimum Gasteiger partial charge on any atom is -0.407 e. The van der Waals surface area contributed by atoms with E-state index < -0.39 is 8.32 Å². The molecule has 1 aliphatic carbocycles. The predicted octanol–water partition coefficient (Wildman–Crippen LogP) is 9.07. The highest BCUT2D eigenvalue weighted by Gasteiger charge is 2.49. The highest BCUT2D eigenvalue weighted by atomic mass is 28.4. The second-order valence-electron chi connectivity index (χ2n) is 12.0. The summed E-state index contributed by atoms with van der Waals surface area (Å²) in [7, 11) is -2.39. The van der Waals surface area contributed by atoms with Gasteiger partial charge in [-0.05, 0) is 52.9 Å². The standard InChI is InChI=1S/C34H52OSi/c1-5-6-7-8-9-10-11-15-22-30-29-31(30)23-16-14-21-28-35-36(34(2,3)4,32-24-17-12-18-25-32)33-26-19-13-20-27-33/h12-13,16-20,23-27,30-31H,5-11,14-15,21-22,28-29H2,1-4H3/b23-16-/t30-,31+/m1/s1. The van der Waals surface area contributed by atoms with Crippen LogP contribution in [0.1, 0.15) is 105 Å². The van der Waals surface area contributed by atoms with Crippen LogP contribution in [0.5, 0.6) is 0 Å². The Morgan fingerprint density at radius 2 is 1.33 bits per heavy atom. The van der Waals surface area contributed by atoms with Gasteiger partial charge in [-0.25, -0.2) is 0 Å². The minimum absolute atomic E-state index is 0.0578. The van der Waals surface area contributed by atoms with Crippen molar-refractivity contribution < 1.29 is 4.43 Å². The van der Waals surface area contributed by atoms with Crippen LogP contribution in [0.3, 0.4) is 0 Å². The van der Waals surface area contributed by atoms with Crippen molar-refractivity contribution in [3.05, 3.63) is 72.8 Å². The Bertz CT molecular complexity index is 828. The minimum atomic E-state index is -2.39. The molecule has 2 atom stereocenters. The van der Waals surface area contributed by atoms with Crippen molar-refractivity contribution in [2.45, 2.75) is 110 Å². The van der Waals surface area contributed by atoms with Gasteiger partial charge in [0, 0.05) is 6.61 Å². The number of benzene rings is 2. The van der Waals surface area contributed by atoms with Crippen molar-refractivity contribution >= 4 is 18.7 Å².